The van der Waals surface area contributed by atoms with Crippen molar-refractivity contribution in [3.8, 4) is 0 Å². The molecule has 0 bridgehead atoms. The molecule has 2 aliphatic rings. The Labute approximate surface area is 120 Å². The molecule has 2 fully saturated rings. The number of fused-ring (bicyclic) bond motifs is 1. The Morgan fingerprint density at radius 3 is 3.00 bits per heavy atom. The normalized spacial score (nSPS) is 23.7. The van der Waals surface area contributed by atoms with Crippen LogP contribution in [0.15, 0.2) is 18.2 Å². The highest BCUT2D eigenvalue weighted by Crippen LogP contribution is 2.28. The Bertz CT molecular complexity index is 449. The zero-order valence-electron chi connectivity index (χ0n) is 11.5. The number of halogens is 1. The zero-order chi connectivity index (χ0) is 13.2. The smallest absolute Gasteiger partial charge is 0.0471 e. The minimum Gasteiger partial charge on any atom is -0.369 e. The van der Waals surface area contributed by atoms with Crippen molar-refractivity contribution in [3.63, 3.8) is 0 Å². The van der Waals surface area contributed by atoms with E-state index in [-0.39, 0.29) is 0 Å². The molecule has 4 heteroatoms. The third kappa shape index (κ3) is 2.73. The quantitative estimate of drug-likeness (QED) is 0.916. The monoisotopic (exact) mass is 279 g/mol. The van der Waals surface area contributed by atoms with E-state index < -0.39 is 0 Å². The Morgan fingerprint density at radius 2 is 2.21 bits per heavy atom. The molecule has 3 nitrogen and oxygen atoms in total. The maximum Gasteiger partial charge on any atom is 0.0471 e. The number of anilines is 1. The van der Waals surface area contributed by atoms with Gasteiger partial charge in [-0.3, -0.25) is 4.90 Å². The van der Waals surface area contributed by atoms with Crippen LogP contribution in [0.5, 0.6) is 0 Å². The lowest BCUT2D eigenvalue weighted by molar-refractivity contribution is 0.231. The molecule has 2 heterocycles. The number of hydrogen-bond acceptors (Lipinski definition) is 3. The third-order valence-electron chi connectivity index (χ3n) is 4.36. The van der Waals surface area contributed by atoms with E-state index in [1.807, 2.05) is 7.05 Å². The van der Waals surface area contributed by atoms with E-state index in [0.29, 0.717) is 0 Å². The van der Waals surface area contributed by atoms with Crippen molar-refractivity contribution in [3.05, 3.63) is 28.8 Å². The molecule has 1 unspecified atom stereocenters. The summed E-state index contributed by atoms with van der Waals surface area (Å²) in [6.07, 6.45) is 2.71. The van der Waals surface area contributed by atoms with Crippen LogP contribution in [-0.4, -0.2) is 44.2 Å². The van der Waals surface area contributed by atoms with Crippen molar-refractivity contribution in [2.24, 2.45) is 0 Å². The second-order valence-electron chi connectivity index (χ2n) is 5.58. The number of nitrogens with one attached hydrogen (secondary N) is 1. The van der Waals surface area contributed by atoms with Gasteiger partial charge in [0.05, 0.1) is 0 Å². The van der Waals surface area contributed by atoms with Crippen LogP contribution in [0.2, 0.25) is 5.02 Å². The summed E-state index contributed by atoms with van der Waals surface area (Å²) in [4.78, 5) is 5.12. The lowest BCUT2D eigenvalue weighted by Crippen LogP contribution is -2.50. The van der Waals surface area contributed by atoms with E-state index in [4.69, 9.17) is 11.6 Å². The molecule has 0 aromatic heterocycles. The lowest BCUT2D eigenvalue weighted by atomic mass is 10.1. The maximum atomic E-state index is 6.36. The molecule has 1 N–H and O–H groups in total. The van der Waals surface area contributed by atoms with E-state index >= 15 is 0 Å². The van der Waals surface area contributed by atoms with Gasteiger partial charge in [0.25, 0.3) is 0 Å². The number of benzene rings is 1. The summed E-state index contributed by atoms with van der Waals surface area (Å²) >= 11 is 6.36. The molecule has 0 radical (unpaired) electrons. The minimum absolute atomic E-state index is 0.754. The molecule has 0 spiro atoms. The fourth-order valence-electron chi connectivity index (χ4n) is 3.29. The maximum absolute atomic E-state index is 6.36. The summed E-state index contributed by atoms with van der Waals surface area (Å²) in [7, 11) is 1.95. The van der Waals surface area contributed by atoms with E-state index in [2.05, 4.69) is 33.3 Å². The first-order valence-electron chi connectivity index (χ1n) is 7.20. The summed E-state index contributed by atoms with van der Waals surface area (Å²) in [5.74, 6) is 0. The van der Waals surface area contributed by atoms with Gasteiger partial charge in [-0.05, 0) is 44.1 Å². The predicted octanol–water partition coefficient (Wildman–Crippen LogP) is 2.34. The number of nitrogens with zero attached hydrogens (tertiary/aromatic N) is 2. The molecule has 0 saturated carbocycles. The van der Waals surface area contributed by atoms with E-state index in [1.54, 1.807) is 0 Å². The molecule has 2 saturated heterocycles. The topological polar surface area (TPSA) is 18.5 Å². The van der Waals surface area contributed by atoms with Gasteiger partial charge in [0, 0.05) is 42.9 Å². The van der Waals surface area contributed by atoms with Crippen LogP contribution >= 0.6 is 11.6 Å². The SMILES string of the molecule is CNCc1ccc(N2CCN3CCCC3C2)cc1Cl. The molecule has 19 heavy (non-hydrogen) atoms. The zero-order valence-corrected chi connectivity index (χ0v) is 12.3. The van der Waals surface area contributed by atoms with Gasteiger partial charge in [0.2, 0.25) is 0 Å². The van der Waals surface area contributed by atoms with Crippen LogP contribution in [0.25, 0.3) is 0 Å². The molecule has 1 aromatic carbocycles. The van der Waals surface area contributed by atoms with E-state index in [0.717, 1.165) is 30.7 Å². The van der Waals surface area contributed by atoms with Crippen LogP contribution < -0.4 is 10.2 Å². The summed E-state index contributed by atoms with van der Waals surface area (Å²) in [6, 6.07) is 7.24. The van der Waals surface area contributed by atoms with Crippen LogP contribution in [0, 0.1) is 0 Å². The first kappa shape index (κ1) is 13.2. The predicted molar refractivity (Wildman–Crippen MR) is 81.0 cm³/mol. The van der Waals surface area contributed by atoms with Crippen LogP contribution in [-0.2, 0) is 6.54 Å². The van der Waals surface area contributed by atoms with Gasteiger partial charge in [0.15, 0.2) is 0 Å². The Kier molecular flexibility index (Phi) is 3.96. The highest BCUT2D eigenvalue weighted by molar-refractivity contribution is 6.31. The van der Waals surface area contributed by atoms with Crippen LogP contribution in [0.3, 0.4) is 0 Å². The molecule has 2 aliphatic heterocycles. The molecule has 1 atom stereocenters. The largest absolute Gasteiger partial charge is 0.369 e. The fourth-order valence-corrected chi connectivity index (χ4v) is 3.53. The highest BCUT2D eigenvalue weighted by Gasteiger charge is 2.30. The first-order valence-corrected chi connectivity index (χ1v) is 7.58. The standard InChI is InChI=1S/C15H22ClN3/c1-17-10-12-4-5-13(9-15(12)16)19-8-7-18-6-2-3-14(18)11-19/h4-5,9,14,17H,2-3,6-8,10-11H2,1H3. The minimum atomic E-state index is 0.754. The molecule has 1 aromatic rings. The van der Waals surface area contributed by atoms with Crippen molar-refractivity contribution in [1.29, 1.82) is 0 Å². The molecule has 3 rings (SSSR count). The summed E-state index contributed by atoms with van der Waals surface area (Å²) in [6.45, 7) is 5.59. The molecule has 0 aliphatic carbocycles. The van der Waals surface area contributed by atoms with E-state index in [1.165, 1.54) is 37.2 Å². The second-order valence-corrected chi connectivity index (χ2v) is 5.99. The van der Waals surface area contributed by atoms with Gasteiger partial charge in [-0.1, -0.05) is 17.7 Å². The Balaban J connectivity index is 1.73. The van der Waals surface area contributed by atoms with Crippen molar-refractivity contribution in [2.75, 3.05) is 38.1 Å². The van der Waals surface area contributed by atoms with Crippen LogP contribution in [0.1, 0.15) is 18.4 Å². The van der Waals surface area contributed by atoms with Gasteiger partial charge in [-0.15, -0.1) is 0 Å². The fraction of sp³-hybridized carbons (Fsp3) is 0.600. The second kappa shape index (κ2) is 5.70. The Hall–Kier alpha value is -0.770. The van der Waals surface area contributed by atoms with Crippen molar-refractivity contribution < 1.29 is 0 Å². The highest BCUT2D eigenvalue weighted by atomic mass is 35.5. The van der Waals surface area contributed by atoms with Crippen molar-refractivity contribution in [2.45, 2.75) is 25.4 Å². The average molecular weight is 280 g/mol. The third-order valence-corrected chi connectivity index (χ3v) is 4.71. The molecule has 104 valence electrons. The average Bonchev–Trinajstić information content (AvgIpc) is 2.88. The summed E-state index contributed by atoms with van der Waals surface area (Å²) < 4.78 is 0. The number of hydrogen-bond donors (Lipinski definition) is 1. The van der Waals surface area contributed by atoms with Gasteiger partial charge >= 0.3 is 0 Å². The Morgan fingerprint density at radius 1 is 1.32 bits per heavy atom. The summed E-state index contributed by atoms with van der Waals surface area (Å²) in [5, 5.41) is 4.03. The van der Waals surface area contributed by atoms with E-state index in [9.17, 15) is 0 Å². The van der Waals surface area contributed by atoms with Gasteiger partial charge in [-0.25, -0.2) is 0 Å². The molecular formula is C15H22ClN3. The molecule has 0 amide bonds. The van der Waals surface area contributed by atoms with Crippen LogP contribution in [0.4, 0.5) is 5.69 Å². The van der Waals surface area contributed by atoms with Crippen molar-refractivity contribution in [1.82, 2.24) is 10.2 Å². The first-order chi connectivity index (χ1) is 9.28. The van der Waals surface area contributed by atoms with Crippen molar-refractivity contribution >= 4 is 17.3 Å². The summed E-state index contributed by atoms with van der Waals surface area (Å²) in [5.41, 5.74) is 2.45. The lowest BCUT2D eigenvalue weighted by Gasteiger charge is -2.39. The number of rotatable bonds is 3. The molecular weight excluding hydrogens is 258 g/mol. The van der Waals surface area contributed by atoms with Gasteiger partial charge < -0.3 is 10.2 Å². The number of piperazine rings is 1. The van der Waals surface area contributed by atoms with Gasteiger partial charge in [0.1, 0.15) is 0 Å². The van der Waals surface area contributed by atoms with Gasteiger partial charge in [-0.2, -0.15) is 0 Å².